The first-order valence-electron chi connectivity index (χ1n) is 6.24. The Morgan fingerprint density at radius 1 is 1.32 bits per heavy atom. The van der Waals surface area contributed by atoms with E-state index in [1.807, 2.05) is 30.3 Å². The smallest absolute Gasteiger partial charge is 0.305 e. The number of nitrogens with one attached hydrogen (secondary N) is 1. The second-order valence-corrected chi connectivity index (χ2v) is 4.63. The van der Waals surface area contributed by atoms with Crippen LogP contribution in [-0.4, -0.2) is 23.0 Å². The van der Waals surface area contributed by atoms with Gasteiger partial charge in [-0.15, -0.1) is 0 Å². The molecule has 0 saturated heterocycles. The van der Waals surface area contributed by atoms with Crippen molar-refractivity contribution in [2.45, 2.75) is 25.3 Å². The Labute approximate surface area is 111 Å². The van der Waals surface area contributed by atoms with Crippen LogP contribution in [0.4, 0.5) is 0 Å². The minimum Gasteiger partial charge on any atom is -0.481 e. The highest BCUT2D eigenvalue weighted by Gasteiger charge is 2.33. The molecule has 1 aliphatic carbocycles. The lowest BCUT2D eigenvalue weighted by atomic mass is 10.1. The summed E-state index contributed by atoms with van der Waals surface area (Å²) in [4.78, 5) is 22.4. The highest BCUT2D eigenvalue weighted by Crippen LogP contribution is 2.33. The number of aliphatic carboxylic acids is 1. The number of benzene rings is 1. The molecule has 2 N–H and O–H groups in total. The van der Waals surface area contributed by atoms with Crippen molar-refractivity contribution in [3.8, 4) is 11.8 Å². The van der Waals surface area contributed by atoms with Gasteiger partial charge in [0.25, 0.3) is 5.91 Å². The van der Waals surface area contributed by atoms with Crippen LogP contribution in [0.2, 0.25) is 0 Å². The molecule has 0 spiro atoms. The zero-order valence-electron chi connectivity index (χ0n) is 10.4. The summed E-state index contributed by atoms with van der Waals surface area (Å²) in [5, 5.41) is 11.5. The Morgan fingerprint density at radius 2 is 2.00 bits per heavy atom. The molecule has 0 aliphatic heterocycles. The standard InChI is InChI=1S/C15H15NO3/c17-14(9-6-11-4-2-1-3-5-11)16-13(10-15(18)19)12-7-8-12/h1-5,12-13H,7-8,10H2,(H,16,17)(H,18,19). The number of hydrogen-bond donors (Lipinski definition) is 2. The minimum atomic E-state index is -0.895. The van der Waals surface area contributed by atoms with Crippen molar-refractivity contribution >= 4 is 11.9 Å². The van der Waals surface area contributed by atoms with Crippen LogP contribution >= 0.6 is 0 Å². The van der Waals surface area contributed by atoms with Gasteiger partial charge in [-0.1, -0.05) is 24.1 Å². The minimum absolute atomic E-state index is 0.0383. The summed E-state index contributed by atoms with van der Waals surface area (Å²) in [6, 6.07) is 8.90. The molecule has 1 aromatic rings. The Kier molecular flexibility index (Phi) is 4.19. The van der Waals surface area contributed by atoms with Gasteiger partial charge in [0.05, 0.1) is 6.42 Å². The van der Waals surface area contributed by atoms with Crippen LogP contribution in [0, 0.1) is 17.8 Å². The molecule has 4 heteroatoms. The maximum absolute atomic E-state index is 11.7. The average Bonchev–Trinajstić information content (AvgIpc) is 3.20. The van der Waals surface area contributed by atoms with Gasteiger partial charge in [0.2, 0.25) is 0 Å². The van der Waals surface area contributed by atoms with Crippen molar-refractivity contribution in [2.24, 2.45) is 5.92 Å². The van der Waals surface area contributed by atoms with Crippen molar-refractivity contribution in [1.29, 1.82) is 0 Å². The number of rotatable bonds is 4. The number of amides is 1. The zero-order valence-corrected chi connectivity index (χ0v) is 10.4. The highest BCUT2D eigenvalue weighted by atomic mass is 16.4. The highest BCUT2D eigenvalue weighted by molar-refractivity contribution is 5.94. The lowest BCUT2D eigenvalue weighted by Crippen LogP contribution is -2.37. The first-order valence-corrected chi connectivity index (χ1v) is 6.24. The molecular formula is C15H15NO3. The third kappa shape index (κ3) is 4.47. The molecule has 1 amide bonds. The Morgan fingerprint density at radius 3 is 2.58 bits per heavy atom. The predicted octanol–water partition coefficient (Wildman–Crippen LogP) is 1.41. The van der Waals surface area contributed by atoms with E-state index in [-0.39, 0.29) is 12.5 Å². The third-order valence-corrected chi connectivity index (χ3v) is 3.00. The van der Waals surface area contributed by atoms with E-state index in [9.17, 15) is 9.59 Å². The summed E-state index contributed by atoms with van der Waals surface area (Å²) in [6.07, 6.45) is 1.91. The number of hydrogen-bond acceptors (Lipinski definition) is 2. The predicted molar refractivity (Wildman–Crippen MR) is 70.2 cm³/mol. The Balaban J connectivity index is 1.93. The first kappa shape index (κ1) is 13.2. The lowest BCUT2D eigenvalue weighted by Gasteiger charge is -2.13. The summed E-state index contributed by atoms with van der Waals surface area (Å²) >= 11 is 0. The molecule has 98 valence electrons. The SMILES string of the molecule is O=C(O)CC(NC(=O)C#Cc1ccccc1)C1CC1. The molecule has 4 nitrogen and oxygen atoms in total. The topological polar surface area (TPSA) is 66.4 Å². The van der Waals surface area contributed by atoms with Crippen molar-refractivity contribution in [1.82, 2.24) is 5.32 Å². The molecular weight excluding hydrogens is 242 g/mol. The number of carboxylic acids is 1. The second kappa shape index (κ2) is 6.05. The normalized spacial score (nSPS) is 14.9. The van der Waals surface area contributed by atoms with E-state index in [0.29, 0.717) is 5.92 Å². The van der Waals surface area contributed by atoms with E-state index in [2.05, 4.69) is 17.2 Å². The molecule has 1 atom stereocenters. The molecule has 0 radical (unpaired) electrons. The number of carboxylic acid groups (broad SMARTS) is 1. The fourth-order valence-corrected chi connectivity index (χ4v) is 1.88. The Hall–Kier alpha value is -2.28. The van der Waals surface area contributed by atoms with Crippen molar-refractivity contribution in [3.05, 3.63) is 35.9 Å². The summed E-state index contributed by atoms with van der Waals surface area (Å²) in [7, 11) is 0. The maximum atomic E-state index is 11.7. The van der Waals surface area contributed by atoms with Gasteiger partial charge in [-0.05, 0) is 30.9 Å². The van der Waals surface area contributed by atoms with Crippen LogP contribution in [-0.2, 0) is 9.59 Å². The summed E-state index contributed by atoms with van der Waals surface area (Å²) in [5.74, 6) is 4.23. The van der Waals surface area contributed by atoms with Crippen LogP contribution in [0.1, 0.15) is 24.8 Å². The molecule has 0 heterocycles. The van der Waals surface area contributed by atoms with Crippen molar-refractivity contribution in [3.63, 3.8) is 0 Å². The van der Waals surface area contributed by atoms with Gasteiger partial charge in [-0.25, -0.2) is 0 Å². The molecule has 0 aromatic heterocycles. The molecule has 1 unspecified atom stereocenters. The van der Waals surface area contributed by atoms with Crippen LogP contribution in [0.5, 0.6) is 0 Å². The summed E-state index contributed by atoms with van der Waals surface area (Å²) in [5.41, 5.74) is 0.763. The van der Waals surface area contributed by atoms with Gasteiger partial charge < -0.3 is 10.4 Å². The average molecular weight is 257 g/mol. The molecule has 0 bridgehead atoms. The number of carbonyl (C=O) groups is 2. The van der Waals surface area contributed by atoms with Crippen LogP contribution in [0.3, 0.4) is 0 Å². The second-order valence-electron chi connectivity index (χ2n) is 4.63. The van der Waals surface area contributed by atoms with E-state index in [1.54, 1.807) is 0 Å². The van der Waals surface area contributed by atoms with E-state index in [0.717, 1.165) is 18.4 Å². The first-order chi connectivity index (χ1) is 9.15. The van der Waals surface area contributed by atoms with E-state index < -0.39 is 11.9 Å². The lowest BCUT2D eigenvalue weighted by molar-refractivity contribution is -0.137. The van der Waals surface area contributed by atoms with Crippen LogP contribution in [0.25, 0.3) is 0 Å². The van der Waals surface area contributed by atoms with Gasteiger partial charge in [-0.2, -0.15) is 0 Å². The fraction of sp³-hybridized carbons (Fsp3) is 0.333. The summed E-state index contributed by atoms with van der Waals surface area (Å²) in [6.45, 7) is 0. The largest absolute Gasteiger partial charge is 0.481 e. The molecule has 2 rings (SSSR count). The number of carbonyl (C=O) groups excluding carboxylic acids is 1. The molecule has 1 saturated carbocycles. The van der Waals surface area contributed by atoms with E-state index in [4.69, 9.17) is 5.11 Å². The third-order valence-electron chi connectivity index (χ3n) is 3.00. The Bertz CT molecular complexity index is 523. The van der Waals surface area contributed by atoms with Gasteiger partial charge in [0.15, 0.2) is 0 Å². The molecule has 1 aromatic carbocycles. The van der Waals surface area contributed by atoms with Gasteiger partial charge in [0.1, 0.15) is 0 Å². The monoisotopic (exact) mass is 257 g/mol. The van der Waals surface area contributed by atoms with Gasteiger partial charge in [-0.3, -0.25) is 9.59 Å². The van der Waals surface area contributed by atoms with Crippen LogP contribution in [0.15, 0.2) is 30.3 Å². The van der Waals surface area contributed by atoms with E-state index in [1.165, 1.54) is 0 Å². The van der Waals surface area contributed by atoms with Gasteiger partial charge >= 0.3 is 5.97 Å². The summed E-state index contributed by atoms with van der Waals surface area (Å²) < 4.78 is 0. The van der Waals surface area contributed by atoms with Crippen LogP contribution < -0.4 is 5.32 Å². The van der Waals surface area contributed by atoms with E-state index >= 15 is 0 Å². The molecule has 19 heavy (non-hydrogen) atoms. The molecule has 1 aliphatic rings. The molecule has 1 fully saturated rings. The maximum Gasteiger partial charge on any atom is 0.305 e. The fourth-order valence-electron chi connectivity index (χ4n) is 1.88. The zero-order chi connectivity index (χ0) is 13.7. The van der Waals surface area contributed by atoms with Gasteiger partial charge in [0, 0.05) is 17.5 Å². The quantitative estimate of drug-likeness (QED) is 0.801. The van der Waals surface area contributed by atoms with Crippen molar-refractivity contribution < 1.29 is 14.7 Å². The van der Waals surface area contributed by atoms with Crippen molar-refractivity contribution in [2.75, 3.05) is 0 Å².